The maximum absolute atomic E-state index is 11.5. The Kier molecular flexibility index (Phi) is 5.74. The summed E-state index contributed by atoms with van der Waals surface area (Å²) in [5.41, 5.74) is 6.22. The molecule has 6 N–H and O–H groups in total. The lowest BCUT2D eigenvalue weighted by molar-refractivity contribution is -0.119. The van der Waals surface area contributed by atoms with Crippen molar-refractivity contribution in [2.24, 2.45) is 5.14 Å². The van der Waals surface area contributed by atoms with Crippen molar-refractivity contribution in [1.29, 1.82) is 0 Å². The third-order valence-corrected chi connectivity index (χ3v) is 3.23. The highest BCUT2D eigenvalue weighted by Gasteiger charge is 2.10. The number of nitrogens with one attached hydrogen (secondary N) is 2. The first-order valence-corrected chi connectivity index (χ1v) is 7.30. The minimum absolute atomic E-state index is 0.0166. The van der Waals surface area contributed by atoms with E-state index in [0.29, 0.717) is 18.8 Å². The van der Waals surface area contributed by atoms with Crippen LogP contribution in [0, 0.1) is 0 Å². The van der Waals surface area contributed by atoms with Gasteiger partial charge in [-0.05, 0) is 18.2 Å². The summed E-state index contributed by atoms with van der Waals surface area (Å²) in [6.07, 6.45) is 0. The lowest BCUT2D eigenvalue weighted by Gasteiger charge is -2.09. The molecule has 20 heavy (non-hydrogen) atoms. The zero-order chi connectivity index (χ0) is 15.2. The lowest BCUT2D eigenvalue weighted by Crippen LogP contribution is -2.32. The number of hydrogen-bond donors (Lipinski definition) is 4. The van der Waals surface area contributed by atoms with E-state index in [-0.39, 0.29) is 23.0 Å². The minimum atomic E-state index is -3.84. The molecule has 0 aromatic heterocycles. The molecule has 0 aliphatic rings. The van der Waals surface area contributed by atoms with Crippen molar-refractivity contribution in [1.82, 2.24) is 5.32 Å². The standard InChI is InChI=1S/C11H18N4O4S/c1-19-3-2-14-11(16)7-15-9-4-8(12)5-10(6-9)20(13,17)18/h4-6,15H,2-3,7,12H2,1H3,(H,14,16)(H2,13,17,18). The van der Waals surface area contributed by atoms with Gasteiger partial charge in [0.2, 0.25) is 15.9 Å². The van der Waals surface area contributed by atoms with Crippen LogP contribution in [0.1, 0.15) is 0 Å². The molecule has 1 amide bonds. The molecule has 0 atom stereocenters. The van der Waals surface area contributed by atoms with Crippen molar-refractivity contribution < 1.29 is 17.9 Å². The van der Waals surface area contributed by atoms with E-state index in [1.54, 1.807) is 0 Å². The molecule has 0 saturated heterocycles. The van der Waals surface area contributed by atoms with Gasteiger partial charge in [-0.1, -0.05) is 0 Å². The summed E-state index contributed by atoms with van der Waals surface area (Å²) in [5.74, 6) is -0.248. The highest BCUT2D eigenvalue weighted by atomic mass is 32.2. The molecule has 0 heterocycles. The van der Waals surface area contributed by atoms with Crippen molar-refractivity contribution in [2.75, 3.05) is 37.9 Å². The molecule has 0 unspecified atom stereocenters. The number of hydrogen-bond acceptors (Lipinski definition) is 6. The Balaban J connectivity index is 2.65. The minimum Gasteiger partial charge on any atom is -0.399 e. The average molecular weight is 302 g/mol. The highest BCUT2D eigenvalue weighted by Crippen LogP contribution is 2.19. The van der Waals surface area contributed by atoms with E-state index < -0.39 is 10.0 Å². The first-order chi connectivity index (χ1) is 9.32. The Hall–Kier alpha value is -1.84. The molecule has 0 radical (unpaired) electrons. The molecular weight excluding hydrogens is 284 g/mol. The van der Waals surface area contributed by atoms with Gasteiger partial charge in [0, 0.05) is 25.0 Å². The fourth-order valence-corrected chi connectivity index (χ4v) is 2.02. The van der Waals surface area contributed by atoms with Crippen LogP contribution >= 0.6 is 0 Å². The molecule has 0 spiro atoms. The number of nitrogens with two attached hydrogens (primary N) is 2. The Morgan fingerprint density at radius 1 is 1.35 bits per heavy atom. The number of rotatable bonds is 7. The van der Waals surface area contributed by atoms with Crippen LogP contribution in [-0.2, 0) is 19.6 Å². The van der Waals surface area contributed by atoms with E-state index in [1.165, 1.54) is 25.3 Å². The normalized spacial score (nSPS) is 11.1. The molecule has 0 aliphatic carbocycles. The van der Waals surface area contributed by atoms with E-state index in [9.17, 15) is 13.2 Å². The number of sulfonamides is 1. The van der Waals surface area contributed by atoms with Gasteiger partial charge in [0.1, 0.15) is 0 Å². The Labute approximate surface area is 117 Å². The van der Waals surface area contributed by atoms with E-state index >= 15 is 0 Å². The van der Waals surface area contributed by atoms with Crippen molar-refractivity contribution in [3.63, 3.8) is 0 Å². The number of benzene rings is 1. The van der Waals surface area contributed by atoms with Gasteiger partial charge in [-0.2, -0.15) is 0 Å². The topological polar surface area (TPSA) is 137 Å². The van der Waals surface area contributed by atoms with Gasteiger partial charge in [-0.3, -0.25) is 4.79 Å². The SMILES string of the molecule is COCCNC(=O)CNc1cc(N)cc(S(N)(=O)=O)c1. The van der Waals surface area contributed by atoms with E-state index in [2.05, 4.69) is 10.6 Å². The summed E-state index contributed by atoms with van der Waals surface area (Å²) in [7, 11) is -2.31. The lowest BCUT2D eigenvalue weighted by atomic mass is 10.3. The molecule has 1 aromatic carbocycles. The van der Waals surface area contributed by atoms with Crippen LogP contribution in [0.3, 0.4) is 0 Å². The van der Waals surface area contributed by atoms with Gasteiger partial charge in [0.25, 0.3) is 0 Å². The second-order valence-corrected chi connectivity index (χ2v) is 5.59. The predicted molar refractivity (Wildman–Crippen MR) is 75.6 cm³/mol. The van der Waals surface area contributed by atoms with Crippen molar-refractivity contribution in [3.05, 3.63) is 18.2 Å². The monoisotopic (exact) mass is 302 g/mol. The van der Waals surface area contributed by atoms with Gasteiger partial charge in [0.15, 0.2) is 0 Å². The number of carbonyl (C=O) groups excluding carboxylic acids is 1. The molecule has 0 aliphatic heterocycles. The smallest absolute Gasteiger partial charge is 0.239 e. The highest BCUT2D eigenvalue weighted by molar-refractivity contribution is 7.89. The summed E-state index contributed by atoms with van der Waals surface area (Å²) in [4.78, 5) is 11.3. The number of nitrogen functional groups attached to an aromatic ring is 1. The van der Waals surface area contributed by atoms with Crippen LogP contribution in [0.25, 0.3) is 0 Å². The molecule has 0 bridgehead atoms. The van der Waals surface area contributed by atoms with Crippen LogP contribution in [0.5, 0.6) is 0 Å². The predicted octanol–water partition coefficient (Wildman–Crippen LogP) is -0.909. The second-order valence-electron chi connectivity index (χ2n) is 4.03. The zero-order valence-corrected chi connectivity index (χ0v) is 11.9. The summed E-state index contributed by atoms with van der Waals surface area (Å²) in [5, 5.41) is 10.4. The second kappa shape index (κ2) is 7.08. The van der Waals surface area contributed by atoms with Gasteiger partial charge >= 0.3 is 0 Å². The molecule has 9 heteroatoms. The summed E-state index contributed by atoms with van der Waals surface area (Å²) in [6, 6.07) is 4.07. The number of carbonyl (C=O) groups is 1. The Bertz CT molecular complexity index is 574. The van der Waals surface area contributed by atoms with Crippen LogP contribution < -0.4 is 21.5 Å². The molecule has 0 saturated carbocycles. The number of primary sulfonamides is 1. The molecule has 8 nitrogen and oxygen atoms in total. The molecule has 1 rings (SSSR count). The first kappa shape index (κ1) is 16.2. The van der Waals surface area contributed by atoms with E-state index in [0.717, 1.165) is 0 Å². The van der Waals surface area contributed by atoms with Crippen molar-refractivity contribution in [2.45, 2.75) is 4.90 Å². The third-order valence-electron chi connectivity index (χ3n) is 2.34. The van der Waals surface area contributed by atoms with Gasteiger partial charge in [-0.15, -0.1) is 0 Å². The maximum atomic E-state index is 11.5. The van der Waals surface area contributed by atoms with Crippen molar-refractivity contribution >= 4 is 27.3 Å². The quantitative estimate of drug-likeness (QED) is 0.380. The van der Waals surface area contributed by atoms with Crippen molar-refractivity contribution in [3.8, 4) is 0 Å². The molecular formula is C11H18N4O4S. The zero-order valence-electron chi connectivity index (χ0n) is 11.0. The van der Waals surface area contributed by atoms with E-state index in [4.69, 9.17) is 15.6 Å². The Morgan fingerprint density at radius 2 is 2.05 bits per heavy atom. The van der Waals surface area contributed by atoms with E-state index in [1.807, 2.05) is 0 Å². The van der Waals surface area contributed by atoms with Gasteiger partial charge in [0.05, 0.1) is 18.0 Å². The molecule has 112 valence electrons. The maximum Gasteiger partial charge on any atom is 0.239 e. The summed E-state index contributed by atoms with van der Waals surface area (Å²) >= 11 is 0. The number of methoxy groups -OCH3 is 1. The molecule has 0 fully saturated rings. The fraction of sp³-hybridized carbons (Fsp3) is 0.364. The van der Waals surface area contributed by atoms with Gasteiger partial charge in [-0.25, -0.2) is 13.6 Å². The van der Waals surface area contributed by atoms with Gasteiger partial charge < -0.3 is 21.1 Å². The number of anilines is 2. The van der Waals surface area contributed by atoms with Crippen LogP contribution in [-0.4, -0.2) is 41.1 Å². The molecule has 1 aromatic rings. The fourth-order valence-electron chi connectivity index (χ4n) is 1.43. The van der Waals surface area contributed by atoms with Crippen LogP contribution in [0.4, 0.5) is 11.4 Å². The Morgan fingerprint density at radius 3 is 2.65 bits per heavy atom. The number of amides is 1. The number of ether oxygens (including phenoxy) is 1. The van der Waals surface area contributed by atoms with Crippen LogP contribution in [0.15, 0.2) is 23.1 Å². The summed E-state index contributed by atoms with van der Waals surface area (Å²) < 4.78 is 27.3. The van der Waals surface area contributed by atoms with Crippen LogP contribution in [0.2, 0.25) is 0 Å². The summed E-state index contributed by atoms with van der Waals surface area (Å²) in [6.45, 7) is 0.799. The average Bonchev–Trinajstić information content (AvgIpc) is 2.35. The largest absolute Gasteiger partial charge is 0.399 e. The first-order valence-electron chi connectivity index (χ1n) is 5.76. The third kappa shape index (κ3) is 5.43.